The maximum Gasteiger partial charge on any atom is 0.198 e. The third-order valence-corrected chi connectivity index (χ3v) is 5.90. The first kappa shape index (κ1) is 16.9. The molecule has 0 saturated heterocycles. The summed E-state index contributed by atoms with van der Waals surface area (Å²) in [5, 5.41) is 9.89. The first-order chi connectivity index (χ1) is 13.8. The number of benzene rings is 3. The summed E-state index contributed by atoms with van der Waals surface area (Å²) in [6, 6.07) is 19.3. The second kappa shape index (κ2) is 6.73. The number of hydrogen-bond donors (Lipinski definition) is 0. The summed E-state index contributed by atoms with van der Waals surface area (Å²) in [4.78, 5) is 13.5. The van der Waals surface area contributed by atoms with Crippen LogP contribution in [0.3, 0.4) is 0 Å². The van der Waals surface area contributed by atoms with Crippen molar-refractivity contribution in [3.63, 3.8) is 0 Å². The molecule has 0 amide bonds. The molecule has 3 aromatic carbocycles. The Morgan fingerprint density at radius 1 is 1.04 bits per heavy atom. The standard InChI is InChI=1S/C22H17N3O2S/c1-2-13-27-18-12-11-17(25-16-9-5-4-8-15(16)23-24-25)20-21(26)14-7-3-6-10-19(14)28-22(18)20/h3-12H,2,13H2,1H3. The molecule has 5 nitrogen and oxygen atoms in total. The maximum atomic E-state index is 13.5. The van der Waals surface area contributed by atoms with Crippen LogP contribution in [0.1, 0.15) is 13.3 Å². The number of aromatic nitrogens is 3. The maximum absolute atomic E-state index is 13.5. The lowest BCUT2D eigenvalue weighted by atomic mass is 10.1. The topological polar surface area (TPSA) is 57.0 Å². The van der Waals surface area contributed by atoms with Crippen LogP contribution in [0.5, 0.6) is 5.75 Å². The first-order valence-corrected chi connectivity index (χ1v) is 10.0. The highest BCUT2D eigenvalue weighted by Gasteiger charge is 2.17. The Kier molecular flexibility index (Phi) is 4.06. The van der Waals surface area contributed by atoms with Crippen LogP contribution in [0.2, 0.25) is 0 Å². The predicted octanol–water partition coefficient (Wildman–Crippen LogP) is 4.94. The van der Waals surface area contributed by atoms with Gasteiger partial charge >= 0.3 is 0 Å². The van der Waals surface area contributed by atoms with E-state index in [1.807, 2.05) is 60.7 Å². The summed E-state index contributed by atoms with van der Waals surface area (Å²) >= 11 is 1.57. The molecule has 5 rings (SSSR count). The highest BCUT2D eigenvalue weighted by Crippen LogP contribution is 2.36. The van der Waals surface area contributed by atoms with Gasteiger partial charge in [-0.15, -0.1) is 16.4 Å². The normalized spacial score (nSPS) is 11.5. The predicted molar refractivity (Wildman–Crippen MR) is 114 cm³/mol. The molecule has 0 unspecified atom stereocenters. The fourth-order valence-corrected chi connectivity index (χ4v) is 4.57. The van der Waals surface area contributed by atoms with Gasteiger partial charge in [-0.05, 0) is 42.8 Å². The van der Waals surface area contributed by atoms with Crippen LogP contribution < -0.4 is 10.2 Å². The SMILES string of the molecule is CCCOc1ccc(-n2nnc3ccccc32)c2c(=O)c3ccccc3sc12. The third-order valence-electron chi connectivity index (χ3n) is 4.71. The fraction of sp³-hybridized carbons (Fsp3) is 0.136. The minimum absolute atomic E-state index is 0.0131. The van der Waals surface area contributed by atoms with Crippen molar-refractivity contribution in [3.05, 3.63) is 70.9 Å². The molecule has 28 heavy (non-hydrogen) atoms. The molecule has 0 bridgehead atoms. The molecule has 0 saturated carbocycles. The molecule has 0 N–H and O–H groups in total. The molecule has 0 atom stereocenters. The zero-order valence-corrected chi connectivity index (χ0v) is 16.1. The summed E-state index contributed by atoms with van der Waals surface area (Å²) in [7, 11) is 0. The summed E-state index contributed by atoms with van der Waals surface area (Å²) in [6.07, 6.45) is 0.902. The summed E-state index contributed by atoms with van der Waals surface area (Å²) in [5.41, 5.74) is 2.36. The molecule has 2 heterocycles. The first-order valence-electron chi connectivity index (χ1n) is 9.20. The van der Waals surface area contributed by atoms with Gasteiger partial charge in [-0.2, -0.15) is 0 Å². The van der Waals surface area contributed by atoms with E-state index in [0.29, 0.717) is 17.4 Å². The Labute approximate surface area is 164 Å². The van der Waals surface area contributed by atoms with Gasteiger partial charge in [0.1, 0.15) is 11.3 Å². The van der Waals surface area contributed by atoms with Crippen LogP contribution in [0.4, 0.5) is 0 Å². The molecule has 2 aromatic heterocycles. The van der Waals surface area contributed by atoms with Crippen LogP contribution in [0, 0.1) is 0 Å². The van der Waals surface area contributed by atoms with E-state index in [1.54, 1.807) is 16.0 Å². The van der Waals surface area contributed by atoms with Crippen molar-refractivity contribution in [2.45, 2.75) is 13.3 Å². The molecule has 0 fully saturated rings. The molecular weight excluding hydrogens is 370 g/mol. The van der Waals surface area contributed by atoms with Crippen molar-refractivity contribution in [1.29, 1.82) is 0 Å². The van der Waals surface area contributed by atoms with Crippen molar-refractivity contribution in [3.8, 4) is 11.4 Å². The van der Waals surface area contributed by atoms with Gasteiger partial charge in [0.05, 0.1) is 27.9 Å². The Morgan fingerprint density at radius 3 is 2.75 bits per heavy atom. The van der Waals surface area contributed by atoms with Crippen molar-refractivity contribution in [1.82, 2.24) is 15.0 Å². The van der Waals surface area contributed by atoms with E-state index in [1.165, 1.54) is 0 Å². The summed E-state index contributed by atoms with van der Waals surface area (Å²) in [6.45, 7) is 2.67. The van der Waals surface area contributed by atoms with E-state index < -0.39 is 0 Å². The van der Waals surface area contributed by atoms with Crippen LogP contribution in [-0.2, 0) is 0 Å². The van der Waals surface area contributed by atoms with Crippen molar-refractivity contribution >= 4 is 42.5 Å². The molecular formula is C22H17N3O2S. The zero-order valence-electron chi connectivity index (χ0n) is 15.3. The molecule has 0 spiro atoms. The molecule has 0 aliphatic heterocycles. The van der Waals surface area contributed by atoms with E-state index in [-0.39, 0.29) is 5.43 Å². The minimum atomic E-state index is -0.0131. The van der Waals surface area contributed by atoms with Crippen LogP contribution in [-0.4, -0.2) is 21.6 Å². The molecule has 0 radical (unpaired) electrons. The van der Waals surface area contributed by atoms with Gasteiger partial charge in [0, 0.05) is 10.1 Å². The van der Waals surface area contributed by atoms with E-state index in [4.69, 9.17) is 4.74 Å². The average Bonchev–Trinajstić information content (AvgIpc) is 3.16. The van der Waals surface area contributed by atoms with E-state index in [2.05, 4.69) is 17.2 Å². The minimum Gasteiger partial charge on any atom is -0.492 e. The van der Waals surface area contributed by atoms with Gasteiger partial charge in [-0.1, -0.05) is 36.4 Å². The van der Waals surface area contributed by atoms with Crippen molar-refractivity contribution in [2.24, 2.45) is 0 Å². The third kappa shape index (κ3) is 2.57. The number of fused-ring (bicyclic) bond motifs is 3. The summed E-state index contributed by atoms with van der Waals surface area (Å²) < 4.78 is 9.49. The lowest BCUT2D eigenvalue weighted by Gasteiger charge is -2.12. The highest BCUT2D eigenvalue weighted by molar-refractivity contribution is 7.25. The number of para-hydroxylation sites is 1. The van der Waals surface area contributed by atoms with Gasteiger partial charge in [0.2, 0.25) is 0 Å². The zero-order chi connectivity index (χ0) is 19.1. The second-order valence-electron chi connectivity index (χ2n) is 6.55. The largest absolute Gasteiger partial charge is 0.492 e. The smallest absolute Gasteiger partial charge is 0.198 e. The number of nitrogens with zero attached hydrogens (tertiary/aromatic N) is 3. The lowest BCUT2D eigenvalue weighted by molar-refractivity contribution is 0.321. The Balaban J connectivity index is 1.90. The fourth-order valence-electron chi connectivity index (χ4n) is 3.41. The highest BCUT2D eigenvalue weighted by atomic mass is 32.1. The molecule has 138 valence electrons. The molecule has 0 aliphatic carbocycles. The van der Waals surface area contributed by atoms with Gasteiger partial charge in [0.15, 0.2) is 5.43 Å². The van der Waals surface area contributed by atoms with Crippen LogP contribution in [0.25, 0.3) is 36.9 Å². The van der Waals surface area contributed by atoms with Gasteiger partial charge < -0.3 is 4.74 Å². The van der Waals surface area contributed by atoms with Crippen molar-refractivity contribution in [2.75, 3.05) is 6.61 Å². The van der Waals surface area contributed by atoms with Crippen LogP contribution in [0.15, 0.2) is 65.5 Å². The Morgan fingerprint density at radius 2 is 1.86 bits per heavy atom. The number of rotatable bonds is 4. The molecule has 5 aromatic rings. The Bertz CT molecular complexity index is 1390. The molecule has 0 aliphatic rings. The van der Waals surface area contributed by atoms with Gasteiger partial charge in [0.25, 0.3) is 0 Å². The quantitative estimate of drug-likeness (QED) is 0.410. The Hall–Kier alpha value is -3.25. The van der Waals surface area contributed by atoms with Gasteiger partial charge in [-0.25, -0.2) is 4.68 Å². The van der Waals surface area contributed by atoms with Crippen LogP contribution >= 0.6 is 11.3 Å². The van der Waals surface area contributed by atoms with Gasteiger partial charge in [-0.3, -0.25) is 4.79 Å². The molecule has 6 heteroatoms. The van der Waals surface area contributed by atoms with E-state index in [0.717, 1.165) is 38.3 Å². The summed E-state index contributed by atoms with van der Waals surface area (Å²) in [5.74, 6) is 0.734. The van der Waals surface area contributed by atoms with E-state index >= 15 is 0 Å². The second-order valence-corrected chi connectivity index (χ2v) is 7.60. The monoisotopic (exact) mass is 387 g/mol. The average molecular weight is 387 g/mol. The lowest BCUT2D eigenvalue weighted by Crippen LogP contribution is -2.08. The number of ether oxygens (including phenoxy) is 1. The number of hydrogen-bond acceptors (Lipinski definition) is 5. The van der Waals surface area contributed by atoms with E-state index in [9.17, 15) is 4.79 Å². The van der Waals surface area contributed by atoms with Crippen molar-refractivity contribution < 1.29 is 4.74 Å².